The van der Waals surface area contributed by atoms with E-state index < -0.39 is 5.96 Å². The zero-order chi connectivity index (χ0) is 14.1. The first-order chi connectivity index (χ1) is 8.40. The van der Waals surface area contributed by atoms with Crippen molar-refractivity contribution in [1.82, 2.24) is 4.90 Å². The van der Waals surface area contributed by atoms with Crippen molar-refractivity contribution in [3.05, 3.63) is 0 Å². The van der Waals surface area contributed by atoms with Gasteiger partial charge in [0.1, 0.15) is 0 Å². The van der Waals surface area contributed by atoms with Gasteiger partial charge in [0.25, 0.3) is 0 Å². The molecule has 0 atom stereocenters. The molecule has 0 saturated heterocycles. The summed E-state index contributed by atoms with van der Waals surface area (Å²) in [6.45, 7) is 6.86. The predicted octanol–water partition coefficient (Wildman–Crippen LogP) is 5.61. The van der Waals surface area contributed by atoms with Crippen LogP contribution in [0.3, 0.4) is 0 Å². The first-order valence-electron chi connectivity index (χ1n) is 7.77. The summed E-state index contributed by atoms with van der Waals surface area (Å²) >= 11 is 7.42. The Morgan fingerprint density at radius 3 is 1.33 bits per heavy atom. The third kappa shape index (κ3) is 6.73. The molecule has 0 radical (unpaired) electrons. The number of hydrogen-bond donors (Lipinski definition) is 0. The molecule has 0 aliphatic heterocycles. The van der Waals surface area contributed by atoms with Gasteiger partial charge in [-0.25, -0.2) is 0 Å². The van der Waals surface area contributed by atoms with Crippen LogP contribution < -0.4 is 0 Å². The van der Waals surface area contributed by atoms with Crippen molar-refractivity contribution >= 4 is 17.2 Å². The minimum atomic E-state index is -2.01. The summed E-state index contributed by atoms with van der Waals surface area (Å²) in [7, 11) is 4.38. The van der Waals surface area contributed by atoms with E-state index in [1.54, 1.807) is 0 Å². The van der Waals surface area contributed by atoms with E-state index in [0.29, 0.717) is 0 Å². The molecule has 0 aromatic carbocycles. The first kappa shape index (κ1) is 18.7. The fraction of sp³-hybridized carbons (Fsp3) is 1.00. The molecule has 18 heavy (non-hydrogen) atoms. The van der Waals surface area contributed by atoms with E-state index in [0.717, 1.165) is 6.29 Å². The van der Waals surface area contributed by atoms with Crippen LogP contribution in [-0.4, -0.2) is 43.8 Å². The number of nitrogens with zero attached hydrogens (tertiary/aromatic N) is 1. The fourth-order valence-electron chi connectivity index (χ4n) is 2.91. The van der Waals surface area contributed by atoms with E-state index in [2.05, 4.69) is 39.8 Å². The molecule has 0 heterocycles. The zero-order valence-corrected chi connectivity index (χ0v) is 15.0. The summed E-state index contributed by atoms with van der Waals surface area (Å²) in [6.07, 6.45) is 12.8. The predicted molar refractivity (Wildman–Crippen MR) is 90.7 cm³/mol. The molecule has 0 unspecified atom stereocenters. The molecule has 0 amide bonds. The van der Waals surface area contributed by atoms with Crippen LogP contribution in [0.25, 0.3) is 0 Å². The Hall–Kier alpha value is 0.680. The van der Waals surface area contributed by atoms with Gasteiger partial charge in [-0.3, -0.25) is 0 Å². The SMILES string of the molecule is CCCCP(Cl)(CCCC)(CCCC)CN(C)C. The van der Waals surface area contributed by atoms with E-state index >= 15 is 0 Å². The molecule has 0 spiro atoms. The second-order valence-corrected chi connectivity index (χ2v) is 14.4. The van der Waals surface area contributed by atoms with Crippen LogP contribution in [0.15, 0.2) is 0 Å². The standard InChI is InChI=1S/C15H35ClNP/c1-6-9-12-18(16,13-10-7-2,14-11-8-3)15-17(4)5/h6-15H2,1-5H3. The molecule has 0 rings (SSSR count). The van der Waals surface area contributed by atoms with Crippen LogP contribution in [0.4, 0.5) is 0 Å². The van der Waals surface area contributed by atoms with Crippen molar-refractivity contribution in [2.24, 2.45) is 0 Å². The Kier molecular flexibility index (Phi) is 9.10. The van der Waals surface area contributed by atoms with Gasteiger partial charge in [-0.1, -0.05) is 0 Å². The molecule has 0 aliphatic rings. The Morgan fingerprint density at radius 2 is 1.11 bits per heavy atom. The normalized spacial score (nSPS) is 14.7. The molecule has 0 fully saturated rings. The van der Waals surface area contributed by atoms with E-state index in [4.69, 9.17) is 11.2 Å². The fourth-order valence-corrected chi connectivity index (χ4v) is 10.5. The van der Waals surface area contributed by atoms with E-state index in [1.807, 2.05) is 0 Å². The minimum absolute atomic E-state index is 1.15. The number of rotatable bonds is 11. The first-order valence-corrected chi connectivity index (χ1v) is 11.6. The second kappa shape index (κ2) is 8.77. The topological polar surface area (TPSA) is 3.24 Å². The summed E-state index contributed by atoms with van der Waals surface area (Å²) in [6, 6.07) is 0. The maximum atomic E-state index is 7.42. The molecular formula is C15H35ClNP. The van der Waals surface area contributed by atoms with Gasteiger partial charge in [-0.15, -0.1) is 0 Å². The van der Waals surface area contributed by atoms with Gasteiger partial charge >= 0.3 is 120 Å². The molecule has 0 bridgehead atoms. The Bertz CT molecular complexity index is 194. The van der Waals surface area contributed by atoms with Crippen LogP contribution in [-0.2, 0) is 0 Å². The number of halogens is 1. The zero-order valence-electron chi connectivity index (χ0n) is 13.3. The van der Waals surface area contributed by atoms with Gasteiger partial charge in [-0.2, -0.15) is 0 Å². The van der Waals surface area contributed by atoms with E-state index in [1.165, 1.54) is 57.0 Å². The third-order valence-electron chi connectivity index (χ3n) is 3.85. The van der Waals surface area contributed by atoms with Crippen molar-refractivity contribution in [3.8, 4) is 0 Å². The van der Waals surface area contributed by atoms with E-state index in [9.17, 15) is 0 Å². The second-order valence-electron chi connectivity index (χ2n) is 6.27. The summed E-state index contributed by atoms with van der Waals surface area (Å²) in [5.74, 6) is -2.01. The van der Waals surface area contributed by atoms with Crippen molar-refractivity contribution in [1.29, 1.82) is 0 Å². The van der Waals surface area contributed by atoms with Crippen molar-refractivity contribution in [2.75, 3.05) is 38.9 Å². The quantitative estimate of drug-likeness (QED) is 0.448. The summed E-state index contributed by atoms with van der Waals surface area (Å²) in [4.78, 5) is 2.34. The molecule has 0 aromatic heterocycles. The summed E-state index contributed by atoms with van der Waals surface area (Å²) < 4.78 is 0. The van der Waals surface area contributed by atoms with Crippen LogP contribution in [0, 0.1) is 0 Å². The Labute approximate surface area is 120 Å². The van der Waals surface area contributed by atoms with Crippen molar-refractivity contribution < 1.29 is 0 Å². The number of hydrogen-bond acceptors (Lipinski definition) is 1. The van der Waals surface area contributed by atoms with Gasteiger partial charge in [0.2, 0.25) is 0 Å². The average molecular weight is 296 g/mol. The molecule has 0 N–H and O–H groups in total. The number of unbranched alkanes of at least 4 members (excludes halogenated alkanes) is 3. The Morgan fingerprint density at radius 1 is 0.778 bits per heavy atom. The third-order valence-corrected chi connectivity index (χ3v) is 11.3. The molecule has 0 aliphatic carbocycles. The van der Waals surface area contributed by atoms with Crippen LogP contribution in [0.2, 0.25) is 0 Å². The van der Waals surface area contributed by atoms with Gasteiger partial charge in [0.05, 0.1) is 0 Å². The average Bonchev–Trinajstić information content (AvgIpc) is 2.32. The van der Waals surface area contributed by atoms with Crippen LogP contribution in [0.5, 0.6) is 0 Å². The molecule has 1 nitrogen and oxygen atoms in total. The molecule has 0 aromatic rings. The maximum absolute atomic E-state index is 7.42. The summed E-state index contributed by atoms with van der Waals surface area (Å²) in [5, 5.41) is 0. The van der Waals surface area contributed by atoms with Crippen molar-refractivity contribution in [2.45, 2.75) is 59.3 Å². The van der Waals surface area contributed by atoms with Crippen LogP contribution >= 0.6 is 17.2 Å². The Balaban J connectivity index is 4.94. The van der Waals surface area contributed by atoms with Gasteiger partial charge in [0, 0.05) is 0 Å². The van der Waals surface area contributed by atoms with Crippen molar-refractivity contribution in [3.63, 3.8) is 0 Å². The molecule has 112 valence electrons. The van der Waals surface area contributed by atoms with Gasteiger partial charge in [-0.05, 0) is 0 Å². The van der Waals surface area contributed by atoms with Gasteiger partial charge in [0.15, 0.2) is 0 Å². The molecular weight excluding hydrogens is 261 g/mol. The van der Waals surface area contributed by atoms with E-state index in [-0.39, 0.29) is 0 Å². The van der Waals surface area contributed by atoms with Gasteiger partial charge < -0.3 is 0 Å². The monoisotopic (exact) mass is 295 g/mol. The summed E-state index contributed by atoms with van der Waals surface area (Å²) in [5.41, 5.74) is 0. The van der Waals surface area contributed by atoms with Crippen LogP contribution in [0.1, 0.15) is 59.3 Å². The molecule has 3 heteroatoms. The molecule has 0 saturated carbocycles.